The van der Waals surface area contributed by atoms with Crippen molar-refractivity contribution >= 4 is 17.5 Å². The molecule has 1 amide bonds. The highest BCUT2D eigenvalue weighted by Gasteiger charge is 2.22. The van der Waals surface area contributed by atoms with E-state index >= 15 is 0 Å². The van der Waals surface area contributed by atoms with Gasteiger partial charge < -0.3 is 14.8 Å². The van der Waals surface area contributed by atoms with E-state index in [2.05, 4.69) is 15.2 Å². The van der Waals surface area contributed by atoms with Crippen LogP contribution in [-0.2, 0) is 6.54 Å². The number of carbonyl (C=O) groups excluding carboxylic acids is 1. The van der Waals surface area contributed by atoms with Gasteiger partial charge in [-0.3, -0.25) is 9.69 Å². The molecule has 1 aromatic heterocycles. The standard InChI is InChI=1S/C22H27ClFN3O3/c1-3-29-18-11-15(12-19(21(18)24)30-4-2)14-27-9-7-17(8-10-27)26-22(28)16-5-6-20(23)25-13-16/h5-6,11-13,17H,3-4,7-10,14H2,1-2H3,(H,26,28). The van der Waals surface area contributed by atoms with Crippen LogP contribution in [0, 0.1) is 5.82 Å². The fraction of sp³-hybridized carbons (Fsp3) is 0.455. The molecule has 0 saturated carbocycles. The molecule has 1 fully saturated rings. The minimum Gasteiger partial charge on any atom is -0.491 e. The highest BCUT2D eigenvalue weighted by Crippen LogP contribution is 2.30. The van der Waals surface area contributed by atoms with Crippen LogP contribution < -0.4 is 14.8 Å². The molecular weight excluding hydrogens is 409 g/mol. The molecule has 3 rings (SSSR count). The topological polar surface area (TPSA) is 63.7 Å². The first-order valence-electron chi connectivity index (χ1n) is 10.2. The Balaban J connectivity index is 1.56. The van der Waals surface area contributed by atoms with E-state index in [4.69, 9.17) is 21.1 Å². The molecule has 0 unspecified atom stereocenters. The average Bonchev–Trinajstić information content (AvgIpc) is 2.73. The molecule has 2 aromatic rings. The summed E-state index contributed by atoms with van der Waals surface area (Å²) in [6.07, 6.45) is 3.16. The van der Waals surface area contributed by atoms with E-state index in [1.165, 1.54) is 6.20 Å². The monoisotopic (exact) mass is 435 g/mol. The summed E-state index contributed by atoms with van der Waals surface area (Å²) < 4.78 is 25.3. The van der Waals surface area contributed by atoms with E-state index in [1.807, 2.05) is 13.8 Å². The van der Waals surface area contributed by atoms with Gasteiger partial charge in [0.25, 0.3) is 5.91 Å². The van der Waals surface area contributed by atoms with E-state index in [1.54, 1.807) is 24.3 Å². The first kappa shape index (κ1) is 22.3. The van der Waals surface area contributed by atoms with Crippen LogP contribution in [-0.4, -0.2) is 48.1 Å². The van der Waals surface area contributed by atoms with Crippen LogP contribution in [0.3, 0.4) is 0 Å². The number of halogens is 2. The fourth-order valence-electron chi connectivity index (χ4n) is 3.51. The van der Waals surface area contributed by atoms with E-state index in [9.17, 15) is 9.18 Å². The zero-order valence-corrected chi connectivity index (χ0v) is 18.0. The van der Waals surface area contributed by atoms with Crippen molar-refractivity contribution in [2.45, 2.75) is 39.3 Å². The van der Waals surface area contributed by atoms with Gasteiger partial charge in [0.1, 0.15) is 5.15 Å². The second-order valence-corrected chi connectivity index (χ2v) is 7.55. The number of pyridine rings is 1. The smallest absolute Gasteiger partial charge is 0.253 e. The van der Waals surface area contributed by atoms with Crippen molar-refractivity contribution in [1.82, 2.24) is 15.2 Å². The Labute approximate surface area is 181 Å². The number of likely N-dealkylation sites (tertiary alicyclic amines) is 1. The summed E-state index contributed by atoms with van der Waals surface area (Å²) in [5.74, 6) is -0.159. The number of aromatic nitrogens is 1. The highest BCUT2D eigenvalue weighted by atomic mass is 35.5. The van der Waals surface area contributed by atoms with Crippen molar-refractivity contribution < 1.29 is 18.7 Å². The van der Waals surface area contributed by atoms with E-state index in [-0.39, 0.29) is 23.4 Å². The van der Waals surface area contributed by atoms with Gasteiger partial charge in [-0.05, 0) is 56.5 Å². The van der Waals surface area contributed by atoms with Gasteiger partial charge in [0.2, 0.25) is 5.82 Å². The zero-order chi connectivity index (χ0) is 21.5. The van der Waals surface area contributed by atoms with Crippen molar-refractivity contribution in [3.05, 3.63) is 52.6 Å². The number of nitrogens with zero attached hydrogens (tertiary/aromatic N) is 2. The number of piperidine rings is 1. The van der Waals surface area contributed by atoms with E-state index in [0.717, 1.165) is 31.5 Å². The number of amides is 1. The summed E-state index contributed by atoms with van der Waals surface area (Å²) in [6.45, 7) is 6.75. The minimum absolute atomic E-state index is 0.107. The molecule has 2 heterocycles. The molecule has 0 radical (unpaired) electrons. The van der Waals surface area contributed by atoms with Crippen LogP contribution in [0.25, 0.3) is 0 Å². The summed E-state index contributed by atoms with van der Waals surface area (Å²) in [7, 11) is 0. The van der Waals surface area contributed by atoms with Crippen LogP contribution in [0.15, 0.2) is 30.5 Å². The van der Waals surface area contributed by atoms with Crippen molar-refractivity contribution in [2.75, 3.05) is 26.3 Å². The van der Waals surface area contributed by atoms with Gasteiger partial charge in [0.05, 0.1) is 18.8 Å². The molecule has 1 aliphatic rings. The number of nitrogens with one attached hydrogen (secondary N) is 1. The number of rotatable bonds is 8. The molecule has 1 saturated heterocycles. The van der Waals surface area contributed by atoms with Crippen LogP contribution in [0.2, 0.25) is 5.15 Å². The molecular formula is C22H27ClFN3O3. The van der Waals surface area contributed by atoms with E-state index in [0.29, 0.717) is 30.5 Å². The van der Waals surface area contributed by atoms with Gasteiger partial charge in [0.15, 0.2) is 11.5 Å². The fourth-order valence-corrected chi connectivity index (χ4v) is 3.62. The first-order valence-corrected chi connectivity index (χ1v) is 10.6. The molecule has 0 spiro atoms. The summed E-state index contributed by atoms with van der Waals surface area (Å²) in [4.78, 5) is 18.6. The maximum atomic E-state index is 14.4. The molecule has 162 valence electrons. The molecule has 0 bridgehead atoms. The summed E-state index contributed by atoms with van der Waals surface area (Å²) in [5, 5.41) is 3.42. The third-order valence-electron chi connectivity index (χ3n) is 4.98. The summed E-state index contributed by atoms with van der Waals surface area (Å²) in [6, 6.07) is 6.86. The lowest BCUT2D eigenvalue weighted by molar-refractivity contribution is 0.0908. The molecule has 8 heteroatoms. The van der Waals surface area contributed by atoms with Crippen molar-refractivity contribution in [1.29, 1.82) is 0 Å². The Hall–Kier alpha value is -2.38. The second-order valence-electron chi connectivity index (χ2n) is 7.17. The molecule has 6 nitrogen and oxygen atoms in total. The van der Waals surface area contributed by atoms with Gasteiger partial charge in [0, 0.05) is 31.9 Å². The van der Waals surface area contributed by atoms with Gasteiger partial charge in [-0.2, -0.15) is 4.39 Å². The SMILES string of the molecule is CCOc1cc(CN2CCC(NC(=O)c3ccc(Cl)nc3)CC2)cc(OCC)c1F. The Morgan fingerprint density at radius 1 is 1.20 bits per heavy atom. The Bertz CT molecular complexity index is 828. The summed E-state index contributed by atoms with van der Waals surface area (Å²) >= 11 is 5.77. The molecule has 1 N–H and O–H groups in total. The average molecular weight is 436 g/mol. The minimum atomic E-state index is -0.458. The first-order chi connectivity index (χ1) is 14.5. The van der Waals surface area contributed by atoms with Gasteiger partial charge in [-0.15, -0.1) is 0 Å². The molecule has 1 aromatic carbocycles. The van der Waals surface area contributed by atoms with Gasteiger partial charge >= 0.3 is 0 Å². The lowest BCUT2D eigenvalue weighted by atomic mass is 10.0. The number of ether oxygens (including phenoxy) is 2. The quantitative estimate of drug-likeness (QED) is 0.633. The lowest BCUT2D eigenvalue weighted by Gasteiger charge is -2.32. The van der Waals surface area contributed by atoms with Gasteiger partial charge in [-0.1, -0.05) is 11.6 Å². The second kappa shape index (κ2) is 10.6. The number of carbonyl (C=O) groups is 1. The van der Waals surface area contributed by atoms with Crippen molar-refractivity contribution in [3.63, 3.8) is 0 Å². The van der Waals surface area contributed by atoms with Crippen molar-refractivity contribution in [3.8, 4) is 11.5 Å². The molecule has 0 aliphatic carbocycles. The number of benzene rings is 1. The highest BCUT2D eigenvalue weighted by molar-refractivity contribution is 6.29. The molecule has 1 aliphatic heterocycles. The van der Waals surface area contributed by atoms with Crippen LogP contribution in [0.4, 0.5) is 4.39 Å². The van der Waals surface area contributed by atoms with Gasteiger partial charge in [-0.25, -0.2) is 4.98 Å². The largest absolute Gasteiger partial charge is 0.491 e. The molecule has 0 atom stereocenters. The van der Waals surface area contributed by atoms with Crippen LogP contribution in [0.1, 0.15) is 42.6 Å². The zero-order valence-electron chi connectivity index (χ0n) is 17.3. The van der Waals surface area contributed by atoms with Crippen molar-refractivity contribution in [2.24, 2.45) is 0 Å². The van der Waals surface area contributed by atoms with Crippen LogP contribution in [0.5, 0.6) is 11.5 Å². The predicted octanol–water partition coefficient (Wildman–Crippen LogP) is 4.07. The normalized spacial score (nSPS) is 15.1. The predicted molar refractivity (Wildman–Crippen MR) is 114 cm³/mol. The number of hydrogen-bond acceptors (Lipinski definition) is 5. The third-order valence-corrected chi connectivity index (χ3v) is 5.21. The number of hydrogen-bond donors (Lipinski definition) is 1. The maximum absolute atomic E-state index is 14.4. The van der Waals surface area contributed by atoms with Crippen LogP contribution >= 0.6 is 11.6 Å². The summed E-state index contributed by atoms with van der Waals surface area (Å²) in [5.41, 5.74) is 1.44. The Morgan fingerprint density at radius 2 is 1.83 bits per heavy atom. The van der Waals surface area contributed by atoms with E-state index < -0.39 is 5.82 Å². The third kappa shape index (κ3) is 5.83. The Morgan fingerprint density at radius 3 is 2.37 bits per heavy atom. The lowest BCUT2D eigenvalue weighted by Crippen LogP contribution is -2.44. The Kier molecular flexibility index (Phi) is 7.87. The maximum Gasteiger partial charge on any atom is 0.253 e. The molecule has 30 heavy (non-hydrogen) atoms.